The van der Waals surface area contributed by atoms with Crippen molar-refractivity contribution in [3.8, 4) is 17.5 Å². The van der Waals surface area contributed by atoms with Crippen molar-refractivity contribution in [1.82, 2.24) is 14.9 Å². The number of piperidine rings is 1. The monoisotopic (exact) mass is 509 g/mol. The van der Waals surface area contributed by atoms with Crippen LogP contribution in [0.1, 0.15) is 37.8 Å². The highest BCUT2D eigenvalue weighted by Gasteiger charge is 2.43. The predicted octanol–water partition coefficient (Wildman–Crippen LogP) is 3.51. The Morgan fingerprint density at radius 1 is 1.14 bits per heavy atom. The van der Waals surface area contributed by atoms with Gasteiger partial charge in [0.05, 0.1) is 37.0 Å². The standard InChI is InChI=1S/C23H28FN3O5.O2S/c1-13(2)30-23(28)27-16-8-18(9-17(27)11-29-10-16)31-21-15(4)22(26-12-25-21)32-20-6-5-14(3)7-19(20)24;1-3-2/h5-7,12-13,16-18H,8-11H2,1-4H3;. The number of ether oxygens (including phenoxy) is 4. The molecule has 2 saturated heterocycles. The van der Waals surface area contributed by atoms with Crippen LogP contribution in [0.3, 0.4) is 0 Å². The molecule has 0 saturated carbocycles. The fraction of sp³-hybridized carbons (Fsp3) is 0.522. The van der Waals surface area contributed by atoms with Gasteiger partial charge in [-0.3, -0.25) is 4.90 Å². The minimum absolute atomic E-state index is 0.0898. The summed E-state index contributed by atoms with van der Waals surface area (Å²) in [6, 6.07) is 4.49. The number of nitrogens with zero attached hydrogens (tertiary/aromatic N) is 3. The molecule has 1 amide bonds. The number of aryl methyl sites for hydroxylation is 1. The lowest BCUT2D eigenvalue weighted by Gasteiger charge is -2.47. The molecule has 0 aliphatic carbocycles. The summed E-state index contributed by atoms with van der Waals surface area (Å²) in [7, 11) is 0. The van der Waals surface area contributed by atoms with Crippen LogP contribution in [0.25, 0.3) is 0 Å². The van der Waals surface area contributed by atoms with Gasteiger partial charge in [0.25, 0.3) is 0 Å². The van der Waals surface area contributed by atoms with Gasteiger partial charge in [0.2, 0.25) is 11.8 Å². The Kier molecular flexibility index (Phi) is 9.10. The summed E-state index contributed by atoms with van der Waals surface area (Å²) in [5, 5.41) is 0. The van der Waals surface area contributed by atoms with Crippen molar-refractivity contribution in [2.75, 3.05) is 13.2 Å². The quantitative estimate of drug-likeness (QED) is 0.597. The third kappa shape index (κ3) is 6.73. The first kappa shape index (κ1) is 26.5. The second-order valence-corrected chi connectivity index (χ2v) is 8.75. The highest BCUT2D eigenvalue weighted by atomic mass is 32.1. The number of carbonyl (C=O) groups is 1. The summed E-state index contributed by atoms with van der Waals surface area (Å²) < 4.78 is 53.7. The summed E-state index contributed by atoms with van der Waals surface area (Å²) in [6.07, 6.45) is 1.87. The molecule has 2 fully saturated rings. The van der Waals surface area contributed by atoms with Crippen LogP contribution in [-0.4, -0.2) is 66.9 Å². The average molecular weight is 510 g/mol. The van der Waals surface area contributed by atoms with Gasteiger partial charge in [-0.2, -0.15) is 8.42 Å². The van der Waals surface area contributed by atoms with Crippen LogP contribution >= 0.6 is 0 Å². The number of amides is 1. The van der Waals surface area contributed by atoms with Crippen molar-refractivity contribution in [3.63, 3.8) is 0 Å². The maximum Gasteiger partial charge on any atom is 0.410 e. The number of halogens is 1. The molecule has 0 spiro atoms. The summed E-state index contributed by atoms with van der Waals surface area (Å²) in [5.41, 5.74) is 1.38. The summed E-state index contributed by atoms with van der Waals surface area (Å²) in [6.45, 7) is 8.12. The van der Waals surface area contributed by atoms with Gasteiger partial charge < -0.3 is 18.9 Å². The van der Waals surface area contributed by atoms with E-state index in [0.717, 1.165) is 5.56 Å². The van der Waals surface area contributed by atoms with Gasteiger partial charge >= 0.3 is 17.7 Å². The largest absolute Gasteiger partial charge is 0.474 e. The molecule has 0 radical (unpaired) electrons. The van der Waals surface area contributed by atoms with Gasteiger partial charge in [-0.15, -0.1) is 0 Å². The SMILES string of the molecule is Cc1ccc(Oc2ncnc(OC3CC4COCC(C3)N4C(=O)OC(C)C)c2C)c(F)c1.O=S=O. The Labute approximate surface area is 206 Å². The number of rotatable bonds is 5. The number of carbonyl (C=O) groups excluding carboxylic acids is 1. The number of aromatic nitrogens is 2. The van der Waals surface area contributed by atoms with Crippen LogP contribution in [0.2, 0.25) is 0 Å². The number of benzene rings is 1. The van der Waals surface area contributed by atoms with Gasteiger partial charge in [0, 0.05) is 12.8 Å². The second-order valence-electron chi connectivity index (χ2n) is 8.61. The zero-order valence-corrected chi connectivity index (χ0v) is 20.7. The van der Waals surface area contributed by atoms with E-state index in [1.54, 1.807) is 24.0 Å². The minimum atomic E-state index is -0.750. The van der Waals surface area contributed by atoms with Crippen LogP contribution in [0.4, 0.5) is 9.18 Å². The Morgan fingerprint density at radius 2 is 1.77 bits per heavy atom. The molecular weight excluding hydrogens is 481 g/mol. The van der Waals surface area contributed by atoms with E-state index in [1.807, 2.05) is 20.8 Å². The van der Waals surface area contributed by atoms with Gasteiger partial charge in [-0.1, -0.05) is 6.07 Å². The molecule has 10 nitrogen and oxygen atoms in total. The number of hydrogen-bond donors (Lipinski definition) is 0. The zero-order valence-electron chi connectivity index (χ0n) is 19.9. The van der Waals surface area contributed by atoms with E-state index in [1.165, 1.54) is 12.4 Å². The molecular formula is C23H28FN3O7S. The fourth-order valence-corrected chi connectivity index (χ4v) is 4.11. The zero-order chi connectivity index (χ0) is 25.5. The molecule has 2 aromatic rings. The Morgan fingerprint density at radius 3 is 2.37 bits per heavy atom. The Hall–Kier alpha value is -3.12. The molecule has 4 rings (SSSR count). The normalized spacial score (nSPS) is 21.0. The van der Waals surface area contributed by atoms with E-state index in [2.05, 4.69) is 9.97 Å². The molecule has 2 unspecified atom stereocenters. The molecule has 12 heteroatoms. The van der Waals surface area contributed by atoms with Crippen molar-refractivity contribution >= 4 is 17.7 Å². The van der Waals surface area contributed by atoms with Gasteiger partial charge in [-0.25, -0.2) is 19.2 Å². The third-order valence-corrected chi connectivity index (χ3v) is 5.59. The minimum Gasteiger partial charge on any atom is -0.474 e. The first-order valence-corrected chi connectivity index (χ1v) is 11.8. The van der Waals surface area contributed by atoms with Crippen LogP contribution in [-0.2, 0) is 21.0 Å². The second kappa shape index (κ2) is 12.0. The molecule has 2 atom stereocenters. The van der Waals surface area contributed by atoms with Crippen LogP contribution in [0.5, 0.6) is 17.5 Å². The topological polar surface area (TPSA) is 117 Å². The van der Waals surface area contributed by atoms with Crippen molar-refractivity contribution in [3.05, 3.63) is 41.5 Å². The lowest BCUT2D eigenvalue weighted by Crippen LogP contribution is -2.61. The number of hydrogen-bond acceptors (Lipinski definition) is 9. The number of morpholine rings is 1. The molecule has 2 bridgehead atoms. The molecule has 3 heterocycles. The highest BCUT2D eigenvalue weighted by Crippen LogP contribution is 2.34. The molecule has 35 heavy (non-hydrogen) atoms. The van der Waals surface area contributed by atoms with Crippen molar-refractivity contribution in [2.24, 2.45) is 0 Å². The van der Waals surface area contributed by atoms with Gasteiger partial charge in [0.15, 0.2) is 11.6 Å². The van der Waals surface area contributed by atoms with E-state index in [9.17, 15) is 9.18 Å². The van der Waals surface area contributed by atoms with E-state index in [0.29, 0.717) is 37.5 Å². The van der Waals surface area contributed by atoms with Crippen LogP contribution in [0.15, 0.2) is 24.5 Å². The summed E-state index contributed by atoms with van der Waals surface area (Å²) >= 11 is -0.750. The maximum atomic E-state index is 14.2. The highest BCUT2D eigenvalue weighted by molar-refractivity contribution is 7.51. The van der Waals surface area contributed by atoms with Crippen molar-refractivity contribution < 1.29 is 36.6 Å². The van der Waals surface area contributed by atoms with Crippen molar-refractivity contribution in [2.45, 2.75) is 64.8 Å². The molecule has 1 aromatic carbocycles. The molecule has 1 aromatic heterocycles. The van der Waals surface area contributed by atoms with E-state index in [4.69, 9.17) is 27.4 Å². The Balaban J connectivity index is 0.00000108. The van der Waals surface area contributed by atoms with E-state index in [-0.39, 0.29) is 42.0 Å². The fourth-order valence-electron chi connectivity index (χ4n) is 4.11. The third-order valence-electron chi connectivity index (χ3n) is 5.59. The van der Waals surface area contributed by atoms with E-state index < -0.39 is 17.4 Å². The van der Waals surface area contributed by atoms with Gasteiger partial charge in [-0.05, 0) is 45.4 Å². The van der Waals surface area contributed by atoms with Crippen molar-refractivity contribution in [1.29, 1.82) is 0 Å². The maximum absolute atomic E-state index is 14.2. The lowest BCUT2D eigenvalue weighted by molar-refractivity contribution is -0.0934. The number of fused-ring (bicyclic) bond motifs is 2. The van der Waals surface area contributed by atoms with E-state index >= 15 is 0 Å². The van der Waals surface area contributed by atoms with Gasteiger partial charge in [0.1, 0.15) is 12.4 Å². The van der Waals surface area contributed by atoms with Crippen LogP contribution in [0, 0.1) is 19.7 Å². The predicted molar refractivity (Wildman–Crippen MR) is 122 cm³/mol. The average Bonchev–Trinajstić information content (AvgIpc) is 2.77. The molecule has 2 aliphatic heterocycles. The molecule has 2 aliphatic rings. The summed E-state index contributed by atoms with van der Waals surface area (Å²) in [5.74, 6) is 0.245. The molecule has 0 N–H and O–H groups in total. The smallest absolute Gasteiger partial charge is 0.410 e. The molecule has 190 valence electrons. The first-order valence-electron chi connectivity index (χ1n) is 11.1. The van der Waals surface area contributed by atoms with Crippen LogP contribution < -0.4 is 9.47 Å². The Bertz CT molecular complexity index is 1070. The lowest BCUT2D eigenvalue weighted by atomic mass is 9.92. The first-order chi connectivity index (χ1) is 16.7. The summed E-state index contributed by atoms with van der Waals surface area (Å²) in [4.78, 5) is 22.7.